The fourth-order valence-corrected chi connectivity index (χ4v) is 3.82. The lowest BCUT2D eigenvalue weighted by Gasteiger charge is -2.16. The second-order valence-electron chi connectivity index (χ2n) is 4.88. The van der Waals surface area contributed by atoms with Crippen molar-refractivity contribution in [3.63, 3.8) is 0 Å². The standard InChI is InChI=1S/C15H21NS2/c1-11(10-17-3)9-16-12(2)15-8-13-6-4-5-7-14(13)18-15/h4-8,11-12,16H,9-10H2,1-3H3. The summed E-state index contributed by atoms with van der Waals surface area (Å²) in [5.41, 5.74) is 0. The fourth-order valence-electron chi connectivity index (χ4n) is 2.04. The van der Waals surface area contributed by atoms with Crippen LogP contribution >= 0.6 is 23.1 Å². The predicted octanol–water partition coefficient (Wildman–Crippen LogP) is 4.55. The summed E-state index contributed by atoms with van der Waals surface area (Å²) in [6.07, 6.45) is 2.17. The third-order valence-corrected chi connectivity index (χ3v) is 5.30. The average Bonchev–Trinajstić information content (AvgIpc) is 2.80. The highest BCUT2D eigenvalue weighted by Gasteiger charge is 2.10. The molecular formula is C15H21NS2. The largest absolute Gasteiger partial charge is 0.309 e. The first-order chi connectivity index (χ1) is 8.70. The van der Waals surface area contributed by atoms with Crippen LogP contribution in [0.15, 0.2) is 30.3 Å². The second kappa shape index (κ2) is 6.60. The van der Waals surface area contributed by atoms with Crippen molar-refractivity contribution >= 4 is 33.2 Å². The topological polar surface area (TPSA) is 12.0 Å². The SMILES string of the molecule is CSCC(C)CNC(C)c1cc2ccccc2s1. The van der Waals surface area contributed by atoms with Gasteiger partial charge in [0.1, 0.15) is 0 Å². The Morgan fingerprint density at radius 1 is 1.28 bits per heavy atom. The molecule has 18 heavy (non-hydrogen) atoms. The summed E-state index contributed by atoms with van der Waals surface area (Å²) in [6, 6.07) is 11.4. The van der Waals surface area contributed by atoms with Crippen LogP contribution in [0.2, 0.25) is 0 Å². The number of thioether (sulfide) groups is 1. The maximum atomic E-state index is 3.64. The molecule has 1 nitrogen and oxygen atoms in total. The molecule has 0 aliphatic rings. The highest BCUT2D eigenvalue weighted by molar-refractivity contribution is 7.98. The molecule has 0 amide bonds. The Kier molecular flexibility index (Phi) is 5.10. The van der Waals surface area contributed by atoms with Crippen molar-refractivity contribution in [1.82, 2.24) is 5.32 Å². The van der Waals surface area contributed by atoms with E-state index in [1.807, 2.05) is 23.1 Å². The van der Waals surface area contributed by atoms with E-state index in [1.54, 1.807) is 0 Å². The zero-order chi connectivity index (χ0) is 13.0. The van der Waals surface area contributed by atoms with E-state index in [2.05, 4.69) is 55.8 Å². The second-order valence-corrected chi connectivity index (χ2v) is 6.90. The van der Waals surface area contributed by atoms with Crippen LogP contribution in [0.3, 0.4) is 0 Å². The third-order valence-electron chi connectivity index (χ3n) is 3.10. The van der Waals surface area contributed by atoms with Gasteiger partial charge in [0.2, 0.25) is 0 Å². The van der Waals surface area contributed by atoms with Crippen molar-refractivity contribution in [3.05, 3.63) is 35.2 Å². The van der Waals surface area contributed by atoms with E-state index < -0.39 is 0 Å². The number of nitrogens with one attached hydrogen (secondary N) is 1. The first-order valence-electron chi connectivity index (χ1n) is 6.41. The van der Waals surface area contributed by atoms with Crippen molar-refractivity contribution in [1.29, 1.82) is 0 Å². The summed E-state index contributed by atoms with van der Waals surface area (Å²) in [5, 5.41) is 5.01. The van der Waals surface area contributed by atoms with Crippen LogP contribution in [0.25, 0.3) is 10.1 Å². The van der Waals surface area contributed by atoms with Crippen molar-refractivity contribution in [3.8, 4) is 0 Å². The van der Waals surface area contributed by atoms with Crippen molar-refractivity contribution in [2.45, 2.75) is 19.9 Å². The van der Waals surface area contributed by atoms with Crippen LogP contribution in [0.4, 0.5) is 0 Å². The summed E-state index contributed by atoms with van der Waals surface area (Å²) in [6.45, 7) is 5.66. The molecule has 0 aliphatic heterocycles. The monoisotopic (exact) mass is 279 g/mol. The van der Waals surface area contributed by atoms with Crippen LogP contribution in [-0.2, 0) is 0 Å². The van der Waals surface area contributed by atoms with Crippen LogP contribution in [0, 0.1) is 5.92 Å². The van der Waals surface area contributed by atoms with Crippen molar-refractivity contribution in [2.24, 2.45) is 5.92 Å². The van der Waals surface area contributed by atoms with E-state index in [9.17, 15) is 0 Å². The minimum absolute atomic E-state index is 0.451. The molecule has 2 unspecified atom stereocenters. The number of rotatable bonds is 6. The van der Waals surface area contributed by atoms with Gasteiger partial charge in [-0.3, -0.25) is 0 Å². The predicted molar refractivity (Wildman–Crippen MR) is 85.8 cm³/mol. The first-order valence-corrected chi connectivity index (χ1v) is 8.62. The van der Waals surface area contributed by atoms with Gasteiger partial charge < -0.3 is 5.32 Å². The summed E-state index contributed by atoms with van der Waals surface area (Å²) in [5.74, 6) is 1.96. The molecule has 1 aromatic heterocycles. The lowest BCUT2D eigenvalue weighted by molar-refractivity contribution is 0.505. The summed E-state index contributed by atoms with van der Waals surface area (Å²) in [7, 11) is 0. The minimum Gasteiger partial charge on any atom is -0.309 e. The van der Waals surface area contributed by atoms with E-state index in [-0.39, 0.29) is 0 Å². The Balaban J connectivity index is 1.98. The van der Waals surface area contributed by atoms with Crippen molar-refractivity contribution in [2.75, 3.05) is 18.6 Å². The number of hydrogen-bond donors (Lipinski definition) is 1. The van der Waals surface area contributed by atoms with Gasteiger partial charge in [0.25, 0.3) is 0 Å². The molecule has 2 rings (SSSR count). The molecule has 3 heteroatoms. The molecular weight excluding hydrogens is 258 g/mol. The van der Waals surface area contributed by atoms with E-state index in [0.29, 0.717) is 6.04 Å². The third kappa shape index (κ3) is 3.50. The van der Waals surface area contributed by atoms with E-state index in [1.165, 1.54) is 20.7 Å². The van der Waals surface area contributed by atoms with E-state index in [4.69, 9.17) is 0 Å². The van der Waals surface area contributed by atoms with Gasteiger partial charge in [-0.2, -0.15) is 11.8 Å². The van der Waals surface area contributed by atoms with Gasteiger partial charge in [-0.05, 0) is 48.9 Å². The molecule has 98 valence electrons. The van der Waals surface area contributed by atoms with Gasteiger partial charge in [-0.1, -0.05) is 25.1 Å². The molecule has 1 N–H and O–H groups in total. The van der Waals surface area contributed by atoms with Gasteiger partial charge in [-0.15, -0.1) is 11.3 Å². The van der Waals surface area contributed by atoms with E-state index in [0.717, 1.165) is 12.5 Å². The Morgan fingerprint density at radius 2 is 2.06 bits per heavy atom. The van der Waals surface area contributed by atoms with Crippen molar-refractivity contribution < 1.29 is 0 Å². The number of benzene rings is 1. The zero-order valence-corrected chi connectivity index (χ0v) is 12.9. The molecule has 0 aliphatic carbocycles. The minimum atomic E-state index is 0.451. The van der Waals surface area contributed by atoms with Gasteiger partial charge in [0, 0.05) is 15.6 Å². The van der Waals surface area contributed by atoms with E-state index >= 15 is 0 Å². The summed E-state index contributed by atoms with van der Waals surface area (Å²) in [4.78, 5) is 1.44. The van der Waals surface area contributed by atoms with Crippen LogP contribution in [-0.4, -0.2) is 18.6 Å². The molecule has 0 radical (unpaired) electrons. The Morgan fingerprint density at radius 3 is 2.78 bits per heavy atom. The zero-order valence-electron chi connectivity index (χ0n) is 11.3. The maximum absolute atomic E-state index is 3.64. The average molecular weight is 279 g/mol. The smallest absolute Gasteiger partial charge is 0.0386 e. The Bertz CT molecular complexity index is 459. The van der Waals surface area contributed by atoms with Gasteiger partial charge in [0.15, 0.2) is 0 Å². The molecule has 2 atom stereocenters. The maximum Gasteiger partial charge on any atom is 0.0386 e. The van der Waals surface area contributed by atoms with Crippen LogP contribution < -0.4 is 5.32 Å². The molecule has 0 saturated carbocycles. The first kappa shape index (κ1) is 13.9. The van der Waals surface area contributed by atoms with Crippen LogP contribution in [0.1, 0.15) is 24.8 Å². The molecule has 0 fully saturated rings. The van der Waals surface area contributed by atoms with Gasteiger partial charge in [-0.25, -0.2) is 0 Å². The fraction of sp³-hybridized carbons (Fsp3) is 0.467. The number of thiophene rings is 1. The van der Waals surface area contributed by atoms with Gasteiger partial charge in [0.05, 0.1) is 0 Å². The normalized spacial score (nSPS) is 14.8. The Hall–Kier alpha value is -0.510. The molecule has 0 saturated heterocycles. The number of fused-ring (bicyclic) bond motifs is 1. The lowest BCUT2D eigenvalue weighted by Crippen LogP contribution is -2.24. The van der Waals surface area contributed by atoms with Crippen LogP contribution in [0.5, 0.6) is 0 Å². The summed E-state index contributed by atoms with van der Waals surface area (Å²) >= 11 is 3.83. The molecule has 1 aromatic carbocycles. The summed E-state index contributed by atoms with van der Waals surface area (Å²) < 4.78 is 1.39. The molecule has 0 spiro atoms. The number of hydrogen-bond acceptors (Lipinski definition) is 3. The lowest BCUT2D eigenvalue weighted by atomic mass is 10.2. The quantitative estimate of drug-likeness (QED) is 0.832. The molecule has 0 bridgehead atoms. The molecule has 2 aromatic rings. The highest BCUT2D eigenvalue weighted by atomic mass is 32.2. The van der Waals surface area contributed by atoms with Gasteiger partial charge >= 0.3 is 0 Å². The Labute approximate surface area is 118 Å². The highest BCUT2D eigenvalue weighted by Crippen LogP contribution is 2.29. The molecule has 1 heterocycles.